The fourth-order valence-electron chi connectivity index (χ4n) is 3.28. The Kier molecular flexibility index (Phi) is 6.39. The van der Waals surface area contributed by atoms with Crippen molar-refractivity contribution in [3.05, 3.63) is 47.9 Å². The van der Waals surface area contributed by atoms with Crippen LogP contribution in [-0.2, 0) is 14.6 Å². The summed E-state index contributed by atoms with van der Waals surface area (Å²) in [4.78, 5) is 26.3. The van der Waals surface area contributed by atoms with Crippen molar-refractivity contribution < 1.29 is 22.4 Å². The van der Waals surface area contributed by atoms with Crippen molar-refractivity contribution in [1.29, 1.82) is 0 Å². The van der Waals surface area contributed by atoms with E-state index in [0.717, 1.165) is 5.56 Å². The first-order valence-corrected chi connectivity index (χ1v) is 11.2. The van der Waals surface area contributed by atoms with E-state index in [1.54, 1.807) is 30.3 Å². The van der Waals surface area contributed by atoms with Crippen LogP contribution in [0.1, 0.15) is 29.0 Å². The average Bonchev–Trinajstić information content (AvgIpc) is 3.31. The van der Waals surface area contributed by atoms with Crippen LogP contribution in [0.15, 0.2) is 41.0 Å². The van der Waals surface area contributed by atoms with Gasteiger partial charge in [0, 0.05) is 30.4 Å². The van der Waals surface area contributed by atoms with Gasteiger partial charge in [0.15, 0.2) is 15.6 Å². The second-order valence-corrected chi connectivity index (χ2v) is 9.53. The molecule has 0 radical (unpaired) electrons. The van der Waals surface area contributed by atoms with Crippen LogP contribution in [0, 0.1) is 6.92 Å². The summed E-state index contributed by atoms with van der Waals surface area (Å²) in [7, 11) is -1.09. The van der Waals surface area contributed by atoms with E-state index in [4.69, 9.17) is 4.42 Å². The lowest BCUT2D eigenvalue weighted by molar-refractivity contribution is -0.116. The summed E-state index contributed by atoms with van der Waals surface area (Å²) in [5, 5.41) is 5.61. The first-order chi connectivity index (χ1) is 13.7. The highest BCUT2D eigenvalue weighted by atomic mass is 32.2. The maximum Gasteiger partial charge on any atom is 0.291 e. The number of anilines is 2. The SMILES string of the molecule is Cc1cc(NC(=O)CCN(C)C2CCS(=O)(=O)C2)ccc1NC(=O)c1ccco1. The molecular formula is C20H25N3O5S. The van der Waals surface area contributed by atoms with Crippen molar-refractivity contribution in [1.82, 2.24) is 4.90 Å². The van der Waals surface area contributed by atoms with E-state index >= 15 is 0 Å². The number of furan rings is 1. The summed E-state index contributed by atoms with van der Waals surface area (Å²) in [6, 6.07) is 8.42. The number of hydrogen-bond acceptors (Lipinski definition) is 6. The molecule has 2 heterocycles. The molecule has 2 aromatic rings. The molecule has 3 rings (SSSR count). The highest BCUT2D eigenvalue weighted by Gasteiger charge is 2.30. The number of benzene rings is 1. The van der Waals surface area contributed by atoms with Crippen LogP contribution in [-0.4, -0.2) is 56.3 Å². The molecule has 1 aliphatic rings. The zero-order chi connectivity index (χ0) is 21.0. The lowest BCUT2D eigenvalue weighted by Gasteiger charge is -2.22. The van der Waals surface area contributed by atoms with Gasteiger partial charge >= 0.3 is 0 Å². The van der Waals surface area contributed by atoms with E-state index in [1.165, 1.54) is 6.26 Å². The number of aryl methyl sites for hydroxylation is 1. The van der Waals surface area contributed by atoms with E-state index in [0.29, 0.717) is 24.3 Å². The van der Waals surface area contributed by atoms with Crippen molar-refractivity contribution in [3.63, 3.8) is 0 Å². The molecule has 0 spiro atoms. The Morgan fingerprint density at radius 2 is 2.03 bits per heavy atom. The van der Waals surface area contributed by atoms with Gasteiger partial charge in [0.05, 0.1) is 17.8 Å². The molecule has 1 atom stereocenters. The van der Waals surface area contributed by atoms with Crippen LogP contribution in [0.5, 0.6) is 0 Å². The molecule has 1 fully saturated rings. The van der Waals surface area contributed by atoms with Crippen LogP contribution in [0.25, 0.3) is 0 Å². The van der Waals surface area contributed by atoms with Gasteiger partial charge in [0.2, 0.25) is 5.91 Å². The van der Waals surface area contributed by atoms with E-state index in [9.17, 15) is 18.0 Å². The van der Waals surface area contributed by atoms with Gasteiger partial charge in [-0.2, -0.15) is 0 Å². The fourth-order valence-corrected chi connectivity index (χ4v) is 5.09. The maximum atomic E-state index is 12.3. The van der Waals surface area contributed by atoms with Crippen molar-refractivity contribution in [2.75, 3.05) is 35.7 Å². The number of hydrogen-bond donors (Lipinski definition) is 2. The van der Waals surface area contributed by atoms with Crippen molar-refractivity contribution in [3.8, 4) is 0 Å². The molecule has 29 heavy (non-hydrogen) atoms. The summed E-state index contributed by atoms with van der Waals surface area (Å²) < 4.78 is 28.2. The Morgan fingerprint density at radius 3 is 2.66 bits per heavy atom. The molecule has 0 bridgehead atoms. The predicted octanol–water partition coefficient (Wildman–Crippen LogP) is 2.29. The monoisotopic (exact) mass is 419 g/mol. The molecule has 156 valence electrons. The van der Waals surface area contributed by atoms with Crippen LogP contribution in [0.2, 0.25) is 0 Å². The van der Waals surface area contributed by atoms with E-state index in [-0.39, 0.29) is 41.5 Å². The predicted molar refractivity (Wildman–Crippen MR) is 111 cm³/mol. The quantitative estimate of drug-likeness (QED) is 0.713. The lowest BCUT2D eigenvalue weighted by Crippen LogP contribution is -2.35. The lowest BCUT2D eigenvalue weighted by atomic mass is 10.1. The summed E-state index contributed by atoms with van der Waals surface area (Å²) in [6.07, 6.45) is 2.32. The summed E-state index contributed by atoms with van der Waals surface area (Å²) in [5.41, 5.74) is 2.07. The Morgan fingerprint density at radius 1 is 1.24 bits per heavy atom. The highest BCUT2D eigenvalue weighted by molar-refractivity contribution is 7.91. The highest BCUT2D eigenvalue weighted by Crippen LogP contribution is 2.21. The van der Waals surface area contributed by atoms with E-state index in [2.05, 4.69) is 10.6 Å². The maximum absolute atomic E-state index is 12.3. The third-order valence-corrected chi connectivity index (χ3v) is 6.78. The Bertz CT molecular complexity index is 986. The van der Waals surface area contributed by atoms with Crippen molar-refractivity contribution in [2.24, 2.45) is 0 Å². The molecule has 1 aromatic carbocycles. The molecule has 1 saturated heterocycles. The standard InChI is InChI=1S/C20H25N3O5S/c1-14-12-15(5-6-17(14)22-20(25)18-4-3-10-28-18)21-19(24)7-9-23(2)16-8-11-29(26,27)13-16/h3-6,10,12,16H,7-9,11,13H2,1-2H3,(H,21,24)(H,22,25). The van der Waals surface area contributed by atoms with Crippen LogP contribution in [0.3, 0.4) is 0 Å². The molecule has 1 aliphatic heterocycles. The fraction of sp³-hybridized carbons (Fsp3) is 0.400. The van der Waals surface area contributed by atoms with Crippen LogP contribution in [0.4, 0.5) is 11.4 Å². The zero-order valence-electron chi connectivity index (χ0n) is 16.5. The van der Waals surface area contributed by atoms with Gasteiger partial charge in [-0.05, 0) is 56.3 Å². The van der Waals surface area contributed by atoms with E-state index < -0.39 is 9.84 Å². The number of nitrogens with one attached hydrogen (secondary N) is 2. The molecular weight excluding hydrogens is 394 g/mol. The number of amides is 2. The summed E-state index contributed by atoms with van der Waals surface area (Å²) in [6.45, 7) is 2.32. The Labute approximate surface area is 170 Å². The van der Waals surface area contributed by atoms with Gasteiger partial charge in [-0.15, -0.1) is 0 Å². The van der Waals surface area contributed by atoms with Crippen molar-refractivity contribution >= 4 is 33.0 Å². The van der Waals surface area contributed by atoms with Gasteiger partial charge in [-0.1, -0.05) is 0 Å². The summed E-state index contributed by atoms with van der Waals surface area (Å²) in [5.74, 6) is 0.114. The number of nitrogens with zero attached hydrogens (tertiary/aromatic N) is 1. The number of carbonyl (C=O) groups excluding carboxylic acids is 2. The summed E-state index contributed by atoms with van der Waals surface area (Å²) >= 11 is 0. The molecule has 1 aromatic heterocycles. The van der Waals surface area contributed by atoms with Gasteiger partial charge < -0.3 is 20.0 Å². The number of sulfone groups is 1. The third kappa shape index (κ3) is 5.68. The van der Waals surface area contributed by atoms with Crippen LogP contribution >= 0.6 is 0 Å². The minimum absolute atomic E-state index is 0.0212. The zero-order valence-corrected chi connectivity index (χ0v) is 17.3. The first kappa shape index (κ1) is 21.1. The second kappa shape index (κ2) is 8.79. The second-order valence-electron chi connectivity index (χ2n) is 7.30. The first-order valence-electron chi connectivity index (χ1n) is 9.39. The third-order valence-electron chi connectivity index (χ3n) is 5.03. The van der Waals surface area contributed by atoms with Gasteiger partial charge in [0.1, 0.15) is 0 Å². The number of carbonyl (C=O) groups is 2. The Hall–Kier alpha value is -2.65. The average molecular weight is 420 g/mol. The Balaban J connectivity index is 1.50. The molecule has 0 aliphatic carbocycles. The normalized spacial score (nSPS) is 18.0. The largest absolute Gasteiger partial charge is 0.459 e. The minimum Gasteiger partial charge on any atom is -0.459 e. The molecule has 0 saturated carbocycles. The minimum atomic E-state index is -2.94. The van der Waals surface area contributed by atoms with E-state index in [1.807, 2.05) is 18.9 Å². The van der Waals surface area contributed by atoms with Crippen molar-refractivity contribution in [2.45, 2.75) is 25.8 Å². The van der Waals surface area contributed by atoms with Crippen LogP contribution < -0.4 is 10.6 Å². The molecule has 2 amide bonds. The molecule has 1 unspecified atom stereocenters. The van der Waals surface area contributed by atoms with Gasteiger partial charge in [0.25, 0.3) is 5.91 Å². The topological polar surface area (TPSA) is 109 Å². The molecule has 9 heteroatoms. The number of rotatable bonds is 7. The van der Waals surface area contributed by atoms with Gasteiger partial charge in [-0.25, -0.2) is 8.42 Å². The van der Waals surface area contributed by atoms with Gasteiger partial charge in [-0.3, -0.25) is 9.59 Å². The smallest absolute Gasteiger partial charge is 0.291 e. The molecule has 8 nitrogen and oxygen atoms in total. The molecule has 2 N–H and O–H groups in total.